The smallest absolute Gasteiger partial charge is 0.255 e. The minimum Gasteiger partial charge on any atom is -0.456 e. The van der Waals surface area contributed by atoms with Crippen LogP contribution < -0.4 is 14.5 Å². The second-order valence-corrected chi connectivity index (χ2v) is 14.1. The number of benzene rings is 7. The summed E-state index contributed by atoms with van der Waals surface area (Å²) in [4.78, 5) is 26.4. The van der Waals surface area contributed by atoms with Crippen LogP contribution in [-0.2, 0) is 5.54 Å². The Labute approximate surface area is 311 Å². The first kappa shape index (κ1) is 33.0. The maximum Gasteiger partial charge on any atom is 0.255 e. The summed E-state index contributed by atoms with van der Waals surface area (Å²) in [5.41, 5.74) is 6.08. The van der Waals surface area contributed by atoms with Gasteiger partial charge in [0.15, 0.2) is 0 Å². The van der Waals surface area contributed by atoms with E-state index in [0.29, 0.717) is 13.1 Å². The van der Waals surface area contributed by atoms with Crippen LogP contribution in [0.25, 0.3) is 32.3 Å². The SMILES string of the molecule is CCN(CC)c1ccc2c(c1)Oc1cc(N(CC)CC)ccc1C21c2ccccc2C(=O)N1CCN=Cc1ccc2ccc3cccc4ccc1c2c34. The molecule has 53 heavy (non-hydrogen) atoms. The minimum absolute atomic E-state index is 0.0120. The Morgan fingerprint density at radius 1 is 0.642 bits per heavy atom. The van der Waals surface area contributed by atoms with Crippen LogP contribution in [0.2, 0.25) is 0 Å². The molecule has 0 saturated carbocycles. The zero-order chi connectivity index (χ0) is 36.3. The summed E-state index contributed by atoms with van der Waals surface area (Å²) >= 11 is 0. The lowest BCUT2D eigenvalue weighted by Gasteiger charge is -2.44. The Kier molecular flexibility index (Phi) is 8.07. The molecule has 2 aliphatic heterocycles. The molecule has 6 heteroatoms. The first-order chi connectivity index (χ1) is 26.0. The number of carbonyl (C=O) groups is 1. The van der Waals surface area contributed by atoms with Crippen molar-refractivity contribution in [3.63, 3.8) is 0 Å². The monoisotopic (exact) mass is 696 g/mol. The van der Waals surface area contributed by atoms with Crippen LogP contribution in [0.3, 0.4) is 0 Å². The maximum atomic E-state index is 14.7. The van der Waals surface area contributed by atoms with E-state index >= 15 is 0 Å². The molecule has 0 atom stereocenters. The number of amides is 1. The molecule has 2 heterocycles. The van der Waals surface area contributed by atoms with Crippen molar-refractivity contribution in [3.05, 3.63) is 143 Å². The van der Waals surface area contributed by atoms with E-state index in [-0.39, 0.29) is 5.91 Å². The van der Waals surface area contributed by atoms with E-state index in [2.05, 4.69) is 135 Å². The normalized spacial score (nSPS) is 14.3. The molecular formula is C47H44N4O2. The summed E-state index contributed by atoms with van der Waals surface area (Å²) < 4.78 is 6.87. The zero-order valence-corrected chi connectivity index (χ0v) is 30.9. The predicted octanol–water partition coefficient (Wildman–Crippen LogP) is 10.2. The number of rotatable bonds is 10. The van der Waals surface area contributed by atoms with Crippen molar-refractivity contribution in [2.45, 2.75) is 33.2 Å². The van der Waals surface area contributed by atoms with Gasteiger partial charge in [0.2, 0.25) is 0 Å². The van der Waals surface area contributed by atoms with Crippen LogP contribution in [0.1, 0.15) is 60.3 Å². The zero-order valence-electron chi connectivity index (χ0n) is 30.9. The van der Waals surface area contributed by atoms with Gasteiger partial charge in [-0.1, -0.05) is 84.9 Å². The van der Waals surface area contributed by atoms with Crippen LogP contribution in [0.4, 0.5) is 11.4 Å². The molecule has 0 saturated heterocycles. The highest BCUT2D eigenvalue weighted by molar-refractivity contribution is 6.25. The van der Waals surface area contributed by atoms with Gasteiger partial charge >= 0.3 is 0 Å². The van der Waals surface area contributed by atoms with Gasteiger partial charge in [0.25, 0.3) is 5.91 Å². The number of fused-ring (bicyclic) bond motifs is 6. The van der Waals surface area contributed by atoms with Gasteiger partial charge in [-0.25, -0.2) is 0 Å². The average Bonchev–Trinajstić information content (AvgIpc) is 3.44. The quantitative estimate of drug-likeness (QED) is 0.106. The summed E-state index contributed by atoms with van der Waals surface area (Å²) in [6.07, 6.45) is 1.99. The van der Waals surface area contributed by atoms with Crippen molar-refractivity contribution in [2.24, 2.45) is 4.99 Å². The molecule has 2 aliphatic rings. The number of carbonyl (C=O) groups excluding carboxylic acids is 1. The Morgan fingerprint density at radius 3 is 1.87 bits per heavy atom. The summed E-state index contributed by atoms with van der Waals surface area (Å²) in [6.45, 7) is 13.1. The first-order valence-corrected chi connectivity index (χ1v) is 19.1. The Morgan fingerprint density at radius 2 is 1.23 bits per heavy atom. The lowest BCUT2D eigenvalue weighted by Crippen LogP contribution is -2.48. The van der Waals surface area contributed by atoms with E-state index in [1.807, 2.05) is 29.3 Å². The highest BCUT2D eigenvalue weighted by atomic mass is 16.5. The molecule has 0 aromatic heterocycles. The summed E-state index contributed by atoms with van der Waals surface area (Å²) in [7, 11) is 0. The van der Waals surface area contributed by atoms with Crippen LogP contribution in [0.15, 0.2) is 120 Å². The van der Waals surface area contributed by atoms with E-state index < -0.39 is 5.54 Å². The third-order valence-electron chi connectivity index (χ3n) is 11.6. The fraction of sp³-hybridized carbons (Fsp3) is 0.234. The van der Waals surface area contributed by atoms with Crippen LogP contribution in [-0.4, -0.2) is 56.3 Å². The van der Waals surface area contributed by atoms with Gasteiger partial charge in [0, 0.05) is 84.7 Å². The summed E-state index contributed by atoms with van der Waals surface area (Å²) in [6, 6.07) is 40.8. The largest absolute Gasteiger partial charge is 0.456 e. The fourth-order valence-electron chi connectivity index (χ4n) is 9.09. The first-order valence-electron chi connectivity index (χ1n) is 19.1. The van der Waals surface area contributed by atoms with Crippen LogP contribution in [0, 0.1) is 0 Å². The number of nitrogens with zero attached hydrogens (tertiary/aromatic N) is 4. The van der Waals surface area contributed by atoms with Crippen molar-refractivity contribution in [1.29, 1.82) is 0 Å². The molecule has 1 amide bonds. The van der Waals surface area contributed by atoms with Crippen molar-refractivity contribution >= 4 is 55.8 Å². The molecule has 0 bridgehead atoms. The predicted molar refractivity (Wildman–Crippen MR) is 220 cm³/mol. The molecule has 0 unspecified atom stereocenters. The van der Waals surface area contributed by atoms with E-state index in [4.69, 9.17) is 9.73 Å². The van der Waals surface area contributed by atoms with Gasteiger partial charge in [-0.05, 0) is 83.8 Å². The maximum absolute atomic E-state index is 14.7. The van der Waals surface area contributed by atoms with E-state index in [1.54, 1.807) is 0 Å². The Hall–Kier alpha value is -5.88. The molecule has 6 nitrogen and oxygen atoms in total. The lowest BCUT2D eigenvalue weighted by molar-refractivity contribution is 0.0673. The summed E-state index contributed by atoms with van der Waals surface area (Å²) in [5.74, 6) is 1.58. The van der Waals surface area contributed by atoms with Crippen molar-refractivity contribution in [1.82, 2.24) is 4.90 Å². The van der Waals surface area contributed by atoms with E-state index in [9.17, 15) is 4.79 Å². The second-order valence-electron chi connectivity index (χ2n) is 14.1. The molecule has 264 valence electrons. The van der Waals surface area contributed by atoms with E-state index in [0.717, 1.165) is 76.9 Å². The van der Waals surface area contributed by atoms with Crippen molar-refractivity contribution in [2.75, 3.05) is 49.1 Å². The average molecular weight is 697 g/mol. The number of hydrogen-bond donors (Lipinski definition) is 0. The number of ether oxygens (including phenoxy) is 1. The molecule has 0 N–H and O–H groups in total. The van der Waals surface area contributed by atoms with Gasteiger partial charge in [-0.2, -0.15) is 0 Å². The molecule has 7 aromatic rings. The lowest BCUT2D eigenvalue weighted by atomic mass is 9.74. The molecule has 0 aliphatic carbocycles. The minimum atomic E-state index is -0.872. The summed E-state index contributed by atoms with van der Waals surface area (Å²) in [5, 5.41) is 7.49. The number of hydrogen-bond acceptors (Lipinski definition) is 5. The van der Waals surface area contributed by atoms with Crippen molar-refractivity contribution in [3.8, 4) is 11.5 Å². The Balaban J connectivity index is 1.15. The van der Waals surface area contributed by atoms with Crippen LogP contribution in [0.5, 0.6) is 11.5 Å². The number of anilines is 2. The molecule has 7 aromatic carbocycles. The van der Waals surface area contributed by atoms with Gasteiger partial charge in [0.05, 0.1) is 6.54 Å². The molecule has 0 radical (unpaired) electrons. The Bertz CT molecular complexity index is 2470. The van der Waals surface area contributed by atoms with Gasteiger partial charge in [0.1, 0.15) is 17.0 Å². The fourth-order valence-corrected chi connectivity index (χ4v) is 9.09. The van der Waals surface area contributed by atoms with Gasteiger partial charge in [-0.15, -0.1) is 0 Å². The third-order valence-corrected chi connectivity index (χ3v) is 11.6. The molecule has 0 fully saturated rings. The topological polar surface area (TPSA) is 48.4 Å². The molecular weight excluding hydrogens is 653 g/mol. The van der Waals surface area contributed by atoms with Gasteiger partial charge < -0.3 is 19.4 Å². The highest BCUT2D eigenvalue weighted by Crippen LogP contribution is 2.58. The third kappa shape index (κ3) is 4.92. The van der Waals surface area contributed by atoms with E-state index in [1.165, 1.54) is 32.3 Å². The number of aliphatic imine (C=N–C) groups is 1. The van der Waals surface area contributed by atoms with Crippen molar-refractivity contribution < 1.29 is 9.53 Å². The van der Waals surface area contributed by atoms with Gasteiger partial charge in [-0.3, -0.25) is 9.79 Å². The standard InChI is InChI=1S/C47H44N4O2/c1-5-49(6-2)35-21-24-40-42(28-35)53-43-29-36(50(7-3)8-4)22-25-41(43)47(40)39-15-10-9-14-38(39)46(52)51(47)27-26-48-30-34-19-18-33-17-16-31-12-11-13-32-20-23-37(34)45(33)44(31)32/h9-25,28-30H,5-8,26-27H2,1-4H3. The van der Waals surface area contributed by atoms with Crippen LogP contribution >= 0.6 is 0 Å². The molecule has 1 spiro atoms. The highest BCUT2D eigenvalue weighted by Gasteiger charge is 2.56. The second kappa shape index (κ2) is 13.0. The molecule has 9 rings (SSSR count).